The molecule has 3 aliphatic rings. The third-order valence-corrected chi connectivity index (χ3v) is 5.77. The number of rotatable bonds is 5. The van der Waals surface area contributed by atoms with Gasteiger partial charge >= 0.3 is 0 Å². The molecule has 0 aromatic heterocycles. The summed E-state index contributed by atoms with van der Waals surface area (Å²) in [6.07, 6.45) is 2.19. The van der Waals surface area contributed by atoms with Crippen molar-refractivity contribution in [2.24, 2.45) is 0 Å². The molecule has 29 heavy (non-hydrogen) atoms. The Bertz CT molecular complexity index is 916. The van der Waals surface area contributed by atoms with E-state index in [2.05, 4.69) is 17.4 Å². The molecule has 1 saturated heterocycles. The molecule has 1 unspecified atom stereocenters. The summed E-state index contributed by atoms with van der Waals surface area (Å²) in [5, 5.41) is 3.04. The maximum atomic E-state index is 12.6. The molecule has 2 aromatic rings. The lowest BCUT2D eigenvalue weighted by Crippen LogP contribution is -3.11. The summed E-state index contributed by atoms with van der Waals surface area (Å²) in [6.45, 7) is 3.37. The highest BCUT2D eigenvalue weighted by Gasteiger charge is 2.32. The summed E-state index contributed by atoms with van der Waals surface area (Å²) in [5.41, 5.74) is 2.22. The molecule has 5 rings (SSSR count). The quantitative estimate of drug-likeness (QED) is 0.794. The van der Waals surface area contributed by atoms with E-state index in [9.17, 15) is 4.79 Å². The van der Waals surface area contributed by atoms with Crippen LogP contribution < -0.4 is 29.2 Å². The first kappa shape index (κ1) is 18.1. The summed E-state index contributed by atoms with van der Waals surface area (Å²) in [6, 6.07) is 12.2. The van der Waals surface area contributed by atoms with Crippen LogP contribution in [0.2, 0.25) is 0 Å². The van der Waals surface area contributed by atoms with E-state index in [0.717, 1.165) is 47.9 Å². The van der Waals surface area contributed by atoms with Crippen LogP contribution in [0.1, 0.15) is 30.0 Å². The van der Waals surface area contributed by atoms with E-state index >= 15 is 0 Å². The van der Waals surface area contributed by atoms with Crippen molar-refractivity contribution in [2.75, 3.05) is 33.1 Å². The van der Waals surface area contributed by atoms with Crippen molar-refractivity contribution < 1.29 is 28.6 Å². The highest BCUT2D eigenvalue weighted by Crippen LogP contribution is 2.34. The van der Waals surface area contributed by atoms with Crippen molar-refractivity contribution in [3.63, 3.8) is 0 Å². The molecule has 7 heteroatoms. The number of benzene rings is 2. The van der Waals surface area contributed by atoms with Crippen LogP contribution in [0.3, 0.4) is 0 Å². The van der Waals surface area contributed by atoms with E-state index in [-0.39, 0.29) is 12.7 Å². The Morgan fingerprint density at radius 1 is 0.966 bits per heavy atom. The van der Waals surface area contributed by atoms with Crippen LogP contribution >= 0.6 is 0 Å². The van der Waals surface area contributed by atoms with Crippen LogP contribution in [0.4, 0.5) is 0 Å². The normalized spacial score (nSPS) is 21.8. The van der Waals surface area contributed by atoms with Crippen molar-refractivity contribution in [3.05, 3.63) is 47.5 Å². The highest BCUT2D eigenvalue weighted by molar-refractivity contribution is 5.76. The lowest BCUT2D eigenvalue weighted by atomic mass is 10.0. The van der Waals surface area contributed by atoms with Gasteiger partial charge in [-0.3, -0.25) is 4.79 Å². The second-order valence-corrected chi connectivity index (χ2v) is 7.65. The molecule has 0 aliphatic carbocycles. The van der Waals surface area contributed by atoms with Crippen LogP contribution in [0.15, 0.2) is 36.4 Å². The first-order valence-corrected chi connectivity index (χ1v) is 10.2. The molecule has 2 N–H and O–H groups in total. The Balaban J connectivity index is 1.20. The number of likely N-dealkylation sites (tertiary alicyclic amines) is 1. The Morgan fingerprint density at radius 2 is 1.72 bits per heavy atom. The zero-order chi connectivity index (χ0) is 19.6. The van der Waals surface area contributed by atoms with Crippen molar-refractivity contribution in [2.45, 2.75) is 25.4 Å². The zero-order valence-electron chi connectivity index (χ0n) is 16.2. The molecule has 0 spiro atoms. The van der Waals surface area contributed by atoms with Gasteiger partial charge in [0.05, 0.1) is 6.54 Å². The maximum absolute atomic E-state index is 12.6. The molecule has 0 saturated carbocycles. The largest absolute Gasteiger partial charge is 0.486 e. The number of quaternary nitrogens is 1. The molecule has 152 valence electrons. The third kappa shape index (κ3) is 3.82. The molecule has 0 radical (unpaired) electrons. The minimum Gasteiger partial charge on any atom is -0.486 e. The predicted molar refractivity (Wildman–Crippen MR) is 105 cm³/mol. The molecule has 2 aromatic carbocycles. The topological polar surface area (TPSA) is 70.5 Å². The average Bonchev–Trinajstić information content (AvgIpc) is 3.41. The van der Waals surface area contributed by atoms with E-state index in [0.29, 0.717) is 32.3 Å². The average molecular weight is 397 g/mol. The van der Waals surface area contributed by atoms with Gasteiger partial charge in [-0.05, 0) is 35.9 Å². The molecule has 1 fully saturated rings. The first-order valence-electron chi connectivity index (χ1n) is 10.2. The number of fused-ring (bicyclic) bond motifs is 2. The van der Waals surface area contributed by atoms with Crippen molar-refractivity contribution in [3.8, 4) is 23.0 Å². The molecule has 7 nitrogen and oxygen atoms in total. The summed E-state index contributed by atoms with van der Waals surface area (Å²) in [7, 11) is 0. The fraction of sp³-hybridized carbons (Fsp3) is 0.409. The number of ether oxygens (including phenoxy) is 4. The molecular weight excluding hydrogens is 372 g/mol. The zero-order valence-corrected chi connectivity index (χ0v) is 16.2. The molecule has 0 bridgehead atoms. The Kier molecular flexibility index (Phi) is 4.89. The van der Waals surface area contributed by atoms with E-state index in [1.54, 1.807) is 0 Å². The Morgan fingerprint density at radius 3 is 2.66 bits per heavy atom. The fourth-order valence-electron chi connectivity index (χ4n) is 4.32. The van der Waals surface area contributed by atoms with Crippen LogP contribution in [-0.2, 0) is 11.3 Å². The fourth-order valence-corrected chi connectivity index (χ4v) is 4.32. The van der Waals surface area contributed by atoms with Gasteiger partial charge in [-0.1, -0.05) is 6.07 Å². The molecule has 3 heterocycles. The molecule has 3 aliphatic heterocycles. The summed E-state index contributed by atoms with van der Waals surface area (Å²) in [5.74, 6) is 3.17. The molecule has 2 atom stereocenters. The Labute approximate surface area is 169 Å². The summed E-state index contributed by atoms with van der Waals surface area (Å²) in [4.78, 5) is 13.9. The van der Waals surface area contributed by atoms with Crippen molar-refractivity contribution in [1.82, 2.24) is 5.32 Å². The number of hydrogen-bond acceptors (Lipinski definition) is 5. The van der Waals surface area contributed by atoms with E-state index in [4.69, 9.17) is 18.9 Å². The first-order chi connectivity index (χ1) is 14.3. The molecule has 1 amide bonds. The van der Waals surface area contributed by atoms with Gasteiger partial charge in [-0.25, -0.2) is 0 Å². The summed E-state index contributed by atoms with van der Waals surface area (Å²) < 4.78 is 22.1. The minimum atomic E-state index is 0.0575. The standard InChI is InChI=1S/C22H24N2O5/c25-22(23-12-15-3-5-19-20(10-15)29-14-28-19)13-24-7-1-2-17(24)16-4-6-18-21(11-16)27-9-8-26-18/h3-6,10-11,17H,1-2,7-9,12-14H2,(H,23,25)/p+1/t17-/m1/s1. The number of nitrogens with one attached hydrogen (secondary N) is 2. The number of hydrogen-bond donors (Lipinski definition) is 2. The minimum absolute atomic E-state index is 0.0575. The van der Waals surface area contributed by atoms with Gasteiger partial charge < -0.3 is 29.2 Å². The van der Waals surface area contributed by atoms with Gasteiger partial charge in [0.15, 0.2) is 29.5 Å². The van der Waals surface area contributed by atoms with E-state index in [1.165, 1.54) is 10.5 Å². The second-order valence-electron chi connectivity index (χ2n) is 7.65. The van der Waals surface area contributed by atoms with Gasteiger partial charge in [-0.2, -0.15) is 0 Å². The van der Waals surface area contributed by atoms with Gasteiger partial charge in [0.1, 0.15) is 19.3 Å². The number of carbonyl (C=O) groups is 1. The van der Waals surface area contributed by atoms with E-state index < -0.39 is 0 Å². The highest BCUT2D eigenvalue weighted by atomic mass is 16.7. The second kappa shape index (κ2) is 7.83. The van der Waals surface area contributed by atoms with Gasteiger partial charge in [0, 0.05) is 24.9 Å². The lowest BCUT2D eigenvalue weighted by molar-refractivity contribution is -0.910. The smallest absolute Gasteiger partial charge is 0.275 e. The Hall–Kier alpha value is -2.93. The predicted octanol–water partition coefficient (Wildman–Crippen LogP) is 1.22. The third-order valence-electron chi connectivity index (χ3n) is 5.77. The lowest BCUT2D eigenvalue weighted by Gasteiger charge is -2.24. The van der Waals surface area contributed by atoms with Crippen LogP contribution in [-0.4, -0.2) is 39.0 Å². The SMILES string of the molecule is O=C(C[NH+]1CCC[C@@H]1c1ccc2c(c1)OCCO2)NCc1ccc2c(c1)OCO2. The van der Waals surface area contributed by atoms with Crippen LogP contribution in [0.5, 0.6) is 23.0 Å². The monoisotopic (exact) mass is 397 g/mol. The van der Waals surface area contributed by atoms with Crippen molar-refractivity contribution in [1.29, 1.82) is 0 Å². The molecular formula is C22H25N2O5+. The maximum Gasteiger partial charge on any atom is 0.275 e. The van der Waals surface area contributed by atoms with Gasteiger partial charge in [0.25, 0.3) is 5.91 Å². The van der Waals surface area contributed by atoms with Crippen LogP contribution in [0.25, 0.3) is 0 Å². The van der Waals surface area contributed by atoms with Crippen LogP contribution in [0, 0.1) is 0 Å². The number of amides is 1. The van der Waals surface area contributed by atoms with Crippen molar-refractivity contribution >= 4 is 5.91 Å². The van der Waals surface area contributed by atoms with Gasteiger partial charge in [0.2, 0.25) is 6.79 Å². The van der Waals surface area contributed by atoms with Gasteiger partial charge in [-0.15, -0.1) is 0 Å². The summed E-state index contributed by atoms with van der Waals surface area (Å²) >= 11 is 0. The van der Waals surface area contributed by atoms with E-state index in [1.807, 2.05) is 24.3 Å². The number of carbonyl (C=O) groups excluding carboxylic acids is 1.